The molecule has 140 valence electrons. The van der Waals surface area contributed by atoms with Gasteiger partial charge in [0, 0.05) is 38.2 Å². The van der Waals surface area contributed by atoms with Crippen molar-refractivity contribution < 1.29 is 13.9 Å². The predicted octanol–water partition coefficient (Wildman–Crippen LogP) is 3.78. The van der Waals surface area contributed by atoms with Crippen molar-refractivity contribution in [3.63, 3.8) is 0 Å². The number of fused-ring (bicyclic) bond motifs is 1. The van der Waals surface area contributed by atoms with Gasteiger partial charge in [0.25, 0.3) is 5.91 Å². The molecule has 3 heterocycles. The van der Waals surface area contributed by atoms with Gasteiger partial charge in [-0.05, 0) is 55.7 Å². The number of amides is 1. The monoisotopic (exact) mass is 367 g/mol. The summed E-state index contributed by atoms with van der Waals surface area (Å²) in [6, 6.07) is 9.83. The third-order valence-electron chi connectivity index (χ3n) is 4.94. The number of ether oxygens (including phenoxy) is 1. The second-order valence-electron chi connectivity index (χ2n) is 6.99. The molecular weight excluding hydrogens is 345 g/mol. The number of hydrogen-bond acceptors (Lipinski definition) is 3. The van der Waals surface area contributed by atoms with Crippen LogP contribution in [0.4, 0.5) is 4.39 Å². The first-order chi connectivity index (χ1) is 13.1. The Morgan fingerprint density at radius 1 is 1.22 bits per heavy atom. The maximum Gasteiger partial charge on any atom is 0.255 e. The zero-order chi connectivity index (χ0) is 18.8. The summed E-state index contributed by atoms with van der Waals surface area (Å²) in [6.07, 6.45) is 7.01. The molecule has 1 aliphatic rings. The highest BCUT2D eigenvalue weighted by Crippen LogP contribution is 2.20. The molecule has 3 aromatic rings. The zero-order valence-corrected chi connectivity index (χ0v) is 15.3. The van der Waals surface area contributed by atoms with E-state index < -0.39 is 0 Å². The van der Waals surface area contributed by atoms with Crippen molar-refractivity contribution in [2.75, 3.05) is 20.2 Å². The average Bonchev–Trinajstić information content (AvgIpc) is 3.12. The first-order valence-electron chi connectivity index (χ1n) is 9.22. The molecular formula is C21H22FN3O2. The van der Waals surface area contributed by atoms with Crippen LogP contribution in [0.3, 0.4) is 0 Å². The maximum atomic E-state index is 13.1. The molecule has 0 bridgehead atoms. The first kappa shape index (κ1) is 17.7. The molecule has 0 aliphatic carbocycles. The van der Waals surface area contributed by atoms with Crippen molar-refractivity contribution in [2.24, 2.45) is 0 Å². The molecule has 1 fully saturated rings. The maximum absolute atomic E-state index is 13.1. The Morgan fingerprint density at radius 2 is 2.04 bits per heavy atom. The SMILES string of the molecule is CN(CC1CCCCO1)C(=O)c1ccc2nc(-c3ccc(F)cc3)cn2c1. The third kappa shape index (κ3) is 3.85. The molecule has 0 N–H and O–H groups in total. The predicted molar refractivity (Wildman–Crippen MR) is 101 cm³/mol. The molecule has 4 rings (SSSR count). The number of benzene rings is 1. The Balaban J connectivity index is 1.53. The normalized spacial score (nSPS) is 17.2. The molecule has 1 aliphatic heterocycles. The lowest BCUT2D eigenvalue weighted by atomic mass is 10.1. The van der Waals surface area contributed by atoms with Gasteiger partial charge in [-0.15, -0.1) is 0 Å². The van der Waals surface area contributed by atoms with E-state index in [1.807, 2.05) is 23.7 Å². The fraction of sp³-hybridized carbons (Fsp3) is 0.333. The summed E-state index contributed by atoms with van der Waals surface area (Å²) >= 11 is 0. The summed E-state index contributed by atoms with van der Waals surface area (Å²) in [6.45, 7) is 1.38. The second kappa shape index (κ2) is 7.48. The van der Waals surface area contributed by atoms with Gasteiger partial charge >= 0.3 is 0 Å². The van der Waals surface area contributed by atoms with Crippen molar-refractivity contribution in [2.45, 2.75) is 25.4 Å². The largest absolute Gasteiger partial charge is 0.376 e. The van der Waals surface area contributed by atoms with E-state index in [0.29, 0.717) is 12.1 Å². The number of pyridine rings is 1. The van der Waals surface area contributed by atoms with E-state index >= 15 is 0 Å². The lowest BCUT2D eigenvalue weighted by molar-refractivity contribution is -0.000196. The van der Waals surface area contributed by atoms with E-state index in [-0.39, 0.29) is 17.8 Å². The number of rotatable bonds is 4. The molecule has 0 spiro atoms. The van der Waals surface area contributed by atoms with Crippen LogP contribution >= 0.6 is 0 Å². The van der Waals surface area contributed by atoms with Crippen molar-refractivity contribution >= 4 is 11.6 Å². The summed E-state index contributed by atoms with van der Waals surface area (Å²) in [7, 11) is 1.81. The van der Waals surface area contributed by atoms with E-state index in [4.69, 9.17) is 4.74 Å². The summed E-state index contributed by atoms with van der Waals surface area (Å²) < 4.78 is 20.7. The highest BCUT2D eigenvalue weighted by atomic mass is 19.1. The van der Waals surface area contributed by atoms with Crippen molar-refractivity contribution in [1.29, 1.82) is 0 Å². The van der Waals surface area contributed by atoms with Crippen LogP contribution in [0.1, 0.15) is 29.6 Å². The van der Waals surface area contributed by atoms with Crippen LogP contribution in [-0.4, -0.2) is 46.5 Å². The quantitative estimate of drug-likeness (QED) is 0.705. The molecule has 1 amide bonds. The van der Waals surface area contributed by atoms with Crippen LogP contribution in [0.5, 0.6) is 0 Å². The molecule has 27 heavy (non-hydrogen) atoms. The number of carbonyl (C=O) groups excluding carboxylic acids is 1. The zero-order valence-electron chi connectivity index (χ0n) is 15.3. The molecule has 2 aromatic heterocycles. The fourth-order valence-electron chi connectivity index (χ4n) is 3.44. The topological polar surface area (TPSA) is 46.8 Å². The van der Waals surface area contributed by atoms with Gasteiger partial charge in [-0.2, -0.15) is 0 Å². The van der Waals surface area contributed by atoms with E-state index in [9.17, 15) is 9.18 Å². The van der Waals surface area contributed by atoms with Crippen molar-refractivity contribution in [1.82, 2.24) is 14.3 Å². The van der Waals surface area contributed by atoms with E-state index in [0.717, 1.165) is 42.8 Å². The molecule has 1 saturated heterocycles. The molecule has 1 atom stereocenters. The van der Waals surface area contributed by atoms with Crippen LogP contribution in [-0.2, 0) is 4.74 Å². The van der Waals surface area contributed by atoms with Gasteiger partial charge < -0.3 is 14.0 Å². The van der Waals surface area contributed by atoms with Crippen LogP contribution in [0.25, 0.3) is 16.9 Å². The molecule has 1 aromatic carbocycles. The smallest absolute Gasteiger partial charge is 0.255 e. The second-order valence-corrected chi connectivity index (χ2v) is 6.99. The van der Waals surface area contributed by atoms with Crippen molar-refractivity contribution in [3.8, 4) is 11.3 Å². The standard InChI is InChI=1S/C21H22FN3O2/c1-24(13-18-4-2-3-11-27-18)21(26)16-7-10-20-23-19(14-25(20)12-16)15-5-8-17(22)9-6-15/h5-10,12,14,18H,2-4,11,13H2,1H3. The Labute approximate surface area is 157 Å². The Hall–Kier alpha value is -2.73. The van der Waals surface area contributed by atoms with Crippen LogP contribution in [0.15, 0.2) is 48.8 Å². The number of nitrogens with zero attached hydrogens (tertiary/aromatic N) is 3. The minimum absolute atomic E-state index is 0.0388. The van der Waals surface area contributed by atoms with Gasteiger partial charge in [-0.1, -0.05) is 0 Å². The number of imidazole rings is 1. The third-order valence-corrected chi connectivity index (χ3v) is 4.94. The molecule has 1 unspecified atom stereocenters. The summed E-state index contributed by atoms with van der Waals surface area (Å²) in [4.78, 5) is 19.0. The Bertz CT molecular complexity index is 946. The Morgan fingerprint density at radius 3 is 2.78 bits per heavy atom. The van der Waals surface area contributed by atoms with Crippen LogP contribution in [0.2, 0.25) is 0 Å². The van der Waals surface area contributed by atoms with Crippen molar-refractivity contribution in [3.05, 3.63) is 60.2 Å². The van der Waals surface area contributed by atoms with Crippen LogP contribution < -0.4 is 0 Å². The number of hydrogen-bond donors (Lipinski definition) is 0. The van der Waals surface area contributed by atoms with E-state index in [2.05, 4.69) is 4.98 Å². The minimum Gasteiger partial charge on any atom is -0.376 e. The minimum atomic E-state index is -0.277. The lowest BCUT2D eigenvalue weighted by Gasteiger charge is -2.27. The highest BCUT2D eigenvalue weighted by Gasteiger charge is 2.20. The number of likely N-dealkylation sites (N-methyl/N-ethyl adjacent to an activating group) is 1. The van der Waals surface area contributed by atoms with Gasteiger partial charge in [0.1, 0.15) is 11.5 Å². The van der Waals surface area contributed by atoms with E-state index in [1.54, 1.807) is 29.3 Å². The summed E-state index contributed by atoms with van der Waals surface area (Å²) in [5.74, 6) is -0.316. The van der Waals surface area contributed by atoms with Crippen LogP contribution in [0, 0.1) is 5.82 Å². The molecule has 6 heteroatoms. The lowest BCUT2D eigenvalue weighted by Crippen LogP contribution is -2.37. The average molecular weight is 367 g/mol. The van der Waals surface area contributed by atoms with Gasteiger partial charge in [-0.25, -0.2) is 9.37 Å². The van der Waals surface area contributed by atoms with Gasteiger partial charge in [0.2, 0.25) is 0 Å². The number of halogens is 1. The molecule has 0 radical (unpaired) electrons. The highest BCUT2D eigenvalue weighted by molar-refractivity contribution is 5.94. The number of carbonyl (C=O) groups is 1. The number of aromatic nitrogens is 2. The summed E-state index contributed by atoms with van der Waals surface area (Å²) in [5.41, 5.74) is 2.91. The Kier molecular flexibility index (Phi) is 4.90. The fourth-order valence-corrected chi connectivity index (χ4v) is 3.44. The van der Waals surface area contributed by atoms with Gasteiger partial charge in [0.05, 0.1) is 17.4 Å². The summed E-state index contributed by atoms with van der Waals surface area (Å²) in [5, 5.41) is 0. The molecule has 0 saturated carbocycles. The van der Waals surface area contributed by atoms with E-state index in [1.165, 1.54) is 12.1 Å². The van der Waals surface area contributed by atoms with Gasteiger partial charge in [0.15, 0.2) is 0 Å². The molecule has 5 nitrogen and oxygen atoms in total. The van der Waals surface area contributed by atoms with Gasteiger partial charge in [-0.3, -0.25) is 4.79 Å². The first-order valence-corrected chi connectivity index (χ1v) is 9.22.